The lowest BCUT2D eigenvalue weighted by Gasteiger charge is -2.13. The van der Waals surface area contributed by atoms with Crippen molar-refractivity contribution in [2.24, 2.45) is 5.73 Å². The molecular weight excluding hydrogens is 316 g/mol. The first-order valence-corrected chi connectivity index (χ1v) is 7.72. The van der Waals surface area contributed by atoms with Gasteiger partial charge in [-0.2, -0.15) is 0 Å². The van der Waals surface area contributed by atoms with Crippen molar-refractivity contribution in [3.8, 4) is 0 Å². The van der Waals surface area contributed by atoms with E-state index < -0.39 is 18.0 Å². The maximum atomic E-state index is 12.1. The highest BCUT2D eigenvalue weighted by molar-refractivity contribution is 5.94. The largest absolute Gasteiger partial charge is 0.444 e. The fourth-order valence-electron chi connectivity index (χ4n) is 2.49. The van der Waals surface area contributed by atoms with Crippen molar-refractivity contribution in [3.63, 3.8) is 0 Å². The minimum Gasteiger partial charge on any atom is -0.444 e. The molecule has 25 heavy (non-hydrogen) atoms. The smallest absolute Gasteiger partial charge is 0.331 e. The fourth-order valence-corrected chi connectivity index (χ4v) is 2.49. The summed E-state index contributed by atoms with van der Waals surface area (Å²) in [6, 6.07) is 18.1. The zero-order valence-electron chi connectivity index (χ0n) is 13.3. The van der Waals surface area contributed by atoms with Crippen molar-refractivity contribution >= 4 is 28.9 Å². The van der Waals surface area contributed by atoms with E-state index in [-0.39, 0.29) is 0 Å². The Kier molecular flexibility index (Phi) is 4.85. The molecule has 0 aliphatic rings. The third-order valence-electron chi connectivity index (χ3n) is 3.66. The highest BCUT2D eigenvalue weighted by atomic mass is 16.5. The van der Waals surface area contributed by atoms with Crippen molar-refractivity contribution in [1.29, 1.82) is 0 Å². The molecule has 0 fully saturated rings. The molecule has 5 heteroatoms. The Labute approximate surface area is 144 Å². The fraction of sp³-hybridized carbons (Fsp3) is 0.0500. The first kappa shape index (κ1) is 16.4. The average molecular weight is 332 g/mol. The second-order valence-electron chi connectivity index (χ2n) is 5.39. The molecule has 3 aromatic rings. The van der Waals surface area contributed by atoms with Gasteiger partial charge in [0, 0.05) is 28.8 Å². The van der Waals surface area contributed by atoms with Crippen LogP contribution in [-0.2, 0) is 14.3 Å². The number of pyridine rings is 1. The Morgan fingerprint density at radius 2 is 1.76 bits per heavy atom. The molecule has 1 aromatic heterocycles. The number of nitrogens with two attached hydrogens (primary N) is 1. The predicted octanol–water partition coefficient (Wildman–Crippen LogP) is 3.02. The number of amides is 1. The van der Waals surface area contributed by atoms with Crippen molar-refractivity contribution in [1.82, 2.24) is 4.98 Å². The van der Waals surface area contributed by atoms with Crippen LogP contribution < -0.4 is 5.73 Å². The van der Waals surface area contributed by atoms with Crippen LogP contribution in [0.1, 0.15) is 17.2 Å². The van der Waals surface area contributed by atoms with E-state index in [1.54, 1.807) is 42.6 Å². The van der Waals surface area contributed by atoms with Crippen LogP contribution in [0.3, 0.4) is 0 Å². The van der Waals surface area contributed by atoms with Gasteiger partial charge < -0.3 is 10.5 Å². The number of benzene rings is 2. The lowest BCUT2D eigenvalue weighted by Crippen LogP contribution is -2.25. The number of esters is 1. The normalized spacial score (nSPS) is 12.2. The van der Waals surface area contributed by atoms with Gasteiger partial charge in [0.25, 0.3) is 5.91 Å². The van der Waals surface area contributed by atoms with Gasteiger partial charge in [-0.3, -0.25) is 9.78 Å². The van der Waals surface area contributed by atoms with Crippen molar-refractivity contribution in [2.75, 3.05) is 0 Å². The zero-order valence-corrected chi connectivity index (χ0v) is 13.3. The van der Waals surface area contributed by atoms with Gasteiger partial charge in [0.2, 0.25) is 6.10 Å². The molecule has 0 radical (unpaired) electrons. The van der Waals surface area contributed by atoms with E-state index in [0.29, 0.717) is 5.56 Å². The number of hydrogen-bond donors (Lipinski definition) is 1. The van der Waals surface area contributed by atoms with Crippen molar-refractivity contribution in [3.05, 3.63) is 84.1 Å². The molecule has 1 heterocycles. The molecule has 1 amide bonds. The molecule has 124 valence electrons. The molecule has 1 atom stereocenters. The van der Waals surface area contributed by atoms with Crippen LogP contribution in [0.5, 0.6) is 0 Å². The number of fused-ring (bicyclic) bond motifs is 1. The highest BCUT2D eigenvalue weighted by Gasteiger charge is 2.21. The molecule has 0 saturated carbocycles. The van der Waals surface area contributed by atoms with Crippen molar-refractivity contribution in [2.45, 2.75) is 6.10 Å². The average Bonchev–Trinajstić information content (AvgIpc) is 2.65. The van der Waals surface area contributed by atoms with E-state index in [0.717, 1.165) is 16.5 Å². The topological polar surface area (TPSA) is 82.3 Å². The summed E-state index contributed by atoms with van der Waals surface area (Å²) in [6.45, 7) is 0. The molecule has 0 aliphatic carbocycles. The molecular formula is C20H16N2O3. The standard InChI is InChI=1S/C20H16N2O3/c21-20(24)19(16-6-2-1-3-7-16)25-17(23)12-11-15-9-4-8-14-10-5-13-22-18(14)15/h1-13,19H,(H2,21,24)/b12-11-/t19-/m0/s1. The summed E-state index contributed by atoms with van der Waals surface area (Å²) in [5.74, 6) is -1.37. The SMILES string of the molecule is NC(=O)[C@@H](OC(=O)/C=C\c1cccc2cccnc12)c1ccccc1. The number of nitrogens with zero attached hydrogens (tertiary/aromatic N) is 1. The first-order valence-electron chi connectivity index (χ1n) is 7.72. The van der Waals surface area contributed by atoms with Crippen LogP contribution in [-0.4, -0.2) is 16.9 Å². The summed E-state index contributed by atoms with van der Waals surface area (Å²) < 4.78 is 5.21. The van der Waals surface area contributed by atoms with Crippen LogP contribution in [0.25, 0.3) is 17.0 Å². The molecule has 0 bridgehead atoms. The number of carbonyl (C=O) groups excluding carboxylic acids is 2. The summed E-state index contributed by atoms with van der Waals surface area (Å²) in [5.41, 5.74) is 7.44. The Hall–Kier alpha value is -3.47. The summed E-state index contributed by atoms with van der Waals surface area (Å²) in [5, 5.41) is 0.970. The van der Waals surface area contributed by atoms with Gasteiger partial charge in [-0.15, -0.1) is 0 Å². The van der Waals surface area contributed by atoms with Crippen LogP contribution in [0.2, 0.25) is 0 Å². The minimum absolute atomic E-state index is 0.531. The number of hydrogen-bond acceptors (Lipinski definition) is 4. The molecule has 0 aliphatic heterocycles. The van der Waals surface area contributed by atoms with E-state index in [4.69, 9.17) is 10.5 Å². The Morgan fingerprint density at radius 3 is 2.52 bits per heavy atom. The third kappa shape index (κ3) is 3.90. The number of carbonyl (C=O) groups is 2. The zero-order chi connectivity index (χ0) is 17.6. The van der Waals surface area contributed by atoms with Crippen LogP contribution in [0.4, 0.5) is 0 Å². The molecule has 0 unspecified atom stereocenters. The molecule has 2 aromatic carbocycles. The molecule has 2 N–H and O–H groups in total. The Balaban J connectivity index is 1.79. The van der Waals surface area contributed by atoms with E-state index in [9.17, 15) is 9.59 Å². The van der Waals surface area contributed by atoms with E-state index in [2.05, 4.69) is 4.98 Å². The second-order valence-corrected chi connectivity index (χ2v) is 5.39. The van der Waals surface area contributed by atoms with Gasteiger partial charge in [0.05, 0.1) is 5.52 Å². The summed E-state index contributed by atoms with van der Waals surface area (Å²) >= 11 is 0. The van der Waals surface area contributed by atoms with Gasteiger partial charge in [0.1, 0.15) is 0 Å². The lowest BCUT2D eigenvalue weighted by atomic mass is 10.1. The summed E-state index contributed by atoms with van der Waals surface area (Å²) in [7, 11) is 0. The van der Waals surface area contributed by atoms with Gasteiger partial charge in [-0.25, -0.2) is 4.79 Å². The summed E-state index contributed by atoms with van der Waals surface area (Å²) in [4.78, 5) is 28.0. The number of para-hydroxylation sites is 1. The quantitative estimate of drug-likeness (QED) is 0.575. The Bertz CT molecular complexity index is 931. The predicted molar refractivity (Wildman–Crippen MR) is 95.2 cm³/mol. The van der Waals surface area contributed by atoms with Gasteiger partial charge >= 0.3 is 5.97 Å². The lowest BCUT2D eigenvalue weighted by molar-refractivity contribution is -0.150. The van der Waals surface area contributed by atoms with E-state index in [1.807, 2.05) is 30.3 Å². The number of ether oxygens (including phenoxy) is 1. The van der Waals surface area contributed by atoms with Gasteiger partial charge in [-0.1, -0.05) is 54.6 Å². The second kappa shape index (κ2) is 7.40. The number of primary amides is 1. The van der Waals surface area contributed by atoms with Crippen molar-refractivity contribution < 1.29 is 14.3 Å². The maximum absolute atomic E-state index is 12.1. The minimum atomic E-state index is -1.12. The van der Waals surface area contributed by atoms with Gasteiger partial charge in [-0.05, 0) is 12.1 Å². The van der Waals surface area contributed by atoms with Crippen LogP contribution >= 0.6 is 0 Å². The molecule has 3 rings (SSSR count). The number of rotatable bonds is 5. The third-order valence-corrected chi connectivity index (χ3v) is 3.66. The maximum Gasteiger partial charge on any atom is 0.331 e. The highest BCUT2D eigenvalue weighted by Crippen LogP contribution is 2.19. The Morgan fingerprint density at radius 1 is 1.00 bits per heavy atom. The van der Waals surface area contributed by atoms with E-state index in [1.165, 1.54) is 6.08 Å². The molecule has 0 spiro atoms. The molecule has 5 nitrogen and oxygen atoms in total. The summed E-state index contributed by atoms with van der Waals surface area (Å²) in [6.07, 6.45) is 3.45. The van der Waals surface area contributed by atoms with E-state index >= 15 is 0 Å². The van der Waals surface area contributed by atoms with Gasteiger partial charge in [0.15, 0.2) is 0 Å². The number of aromatic nitrogens is 1. The first-order chi connectivity index (χ1) is 12.1. The van der Waals surface area contributed by atoms with Crippen LogP contribution in [0, 0.1) is 0 Å². The molecule has 0 saturated heterocycles. The monoisotopic (exact) mass is 332 g/mol. The van der Waals surface area contributed by atoms with Crippen LogP contribution in [0.15, 0.2) is 72.9 Å².